The molecule has 3 heterocycles. The van der Waals surface area contributed by atoms with E-state index in [0.717, 1.165) is 12.0 Å². The van der Waals surface area contributed by atoms with Crippen molar-refractivity contribution in [3.63, 3.8) is 0 Å². The fraction of sp³-hybridized carbons (Fsp3) is 0.640. The highest BCUT2D eigenvalue weighted by Crippen LogP contribution is 2.68. The Morgan fingerprint density at radius 3 is 2.55 bits per heavy atom. The molecule has 3 aliphatic rings. The number of nitrogens with one attached hydrogen (secondary N) is 2. The van der Waals surface area contributed by atoms with Gasteiger partial charge in [0.2, 0.25) is 17.7 Å². The first-order valence-corrected chi connectivity index (χ1v) is 12.9. The largest absolute Gasteiger partial charge is 0.394 e. The van der Waals surface area contributed by atoms with E-state index < -0.39 is 28.7 Å². The number of carbonyl (C=O) groups is 3. The number of thioether (sulfide) groups is 1. The molecule has 3 unspecified atom stereocenters. The Morgan fingerprint density at radius 1 is 1.24 bits per heavy atom. The molecule has 0 saturated carbocycles. The molecule has 8 heteroatoms. The van der Waals surface area contributed by atoms with Crippen molar-refractivity contribution in [3.05, 3.63) is 35.9 Å². The number of rotatable bonds is 8. The molecule has 7 nitrogen and oxygen atoms in total. The topological polar surface area (TPSA) is 98.7 Å². The summed E-state index contributed by atoms with van der Waals surface area (Å²) in [6.45, 7) is 8.02. The van der Waals surface area contributed by atoms with E-state index in [1.54, 1.807) is 16.7 Å². The molecule has 3 aliphatic heterocycles. The van der Waals surface area contributed by atoms with Crippen LogP contribution in [-0.2, 0) is 20.9 Å². The quantitative estimate of drug-likeness (QED) is 0.536. The number of fused-ring (bicyclic) bond motifs is 1. The first-order chi connectivity index (χ1) is 15.8. The molecule has 2 bridgehead atoms. The maximum absolute atomic E-state index is 13.9. The molecule has 3 amide bonds. The van der Waals surface area contributed by atoms with Crippen LogP contribution in [0.25, 0.3) is 0 Å². The minimum absolute atomic E-state index is 0.00965. The Labute approximate surface area is 200 Å². The molecule has 0 aromatic heterocycles. The van der Waals surface area contributed by atoms with Gasteiger partial charge in [-0.2, -0.15) is 0 Å². The molecule has 33 heavy (non-hydrogen) atoms. The van der Waals surface area contributed by atoms with Crippen LogP contribution in [0.1, 0.15) is 46.1 Å². The lowest BCUT2D eigenvalue weighted by atomic mass is 9.66. The number of nitrogens with zero attached hydrogens (tertiary/aromatic N) is 1. The fourth-order valence-electron chi connectivity index (χ4n) is 6.13. The maximum atomic E-state index is 13.9. The predicted molar refractivity (Wildman–Crippen MR) is 128 cm³/mol. The summed E-state index contributed by atoms with van der Waals surface area (Å²) in [6, 6.07) is 8.52. The average Bonchev–Trinajstić information content (AvgIpc) is 3.37. The van der Waals surface area contributed by atoms with Crippen LogP contribution in [0.5, 0.6) is 0 Å². The molecule has 180 valence electrons. The van der Waals surface area contributed by atoms with Gasteiger partial charge in [-0.05, 0) is 38.2 Å². The van der Waals surface area contributed by atoms with Crippen molar-refractivity contribution in [2.75, 3.05) is 6.61 Å². The SMILES string of the molecule is CC[C@@H](CO)N1C(=O)[C@@H]2[C@H](C(=O)NCc3ccccc3)[C@@H]3CC(C)C2(S3)C1C(=O)NC(C)C. The number of hydrogen-bond donors (Lipinski definition) is 3. The van der Waals surface area contributed by atoms with Crippen molar-refractivity contribution in [2.24, 2.45) is 17.8 Å². The number of aliphatic hydroxyl groups is 1. The highest BCUT2D eigenvalue weighted by molar-refractivity contribution is 8.02. The summed E-state index contributed by atoms with van der Waals surface area (Å²) in [7, 11) is 0. The highest BCUT2D eigenvalue weighted by atomic mass is 32.2. The highest BCUT2D eigenvalue weighted by Gasteiger charge is 2.76. The second-order valence-corrected chi connectivity index (χ2v) is 11.5. The van der Waals surface area contributed by atoms with Crippen LogP contribution in [0.3, 0.4) is 0 Å². The first-order valence-electron chi connectivity index (χ1n) is 12.0. The number of amides is 3. The van der Waals surface area contributed by atoms with Gasteiger partial charge < -0.3 is 20.6 Å². The average molecular weight is 474 g/mol. The van der Waals surface area contributed by atoms with E-state index in [-0.39, 0.29) is 41.5 Å². The van der Waals surface area contributed by atoms with Crippen LogP contribution < -0.4 is 10.6 Å². The van der Waals surface area contributed by atoms with Gasteiger partial charge in [0.1, 0.15) is 6.04 Å². The van der Waals surface area contributed by atoms with Gasteiger partial charge in [-0.3, -0.25) is 14.4 Å². The normalized spacial score (nSPS) is 33.3. The molecule has 3 saturated heterocycles. The molecule has 3 fully saturated rings. The van der Waals surface area contributed by atoms with E-state index in [0.29, 0.717) is 13.0 Å². The van der Waals surface area contributed by atoms with E-state index >= 15 is 0 Å². The van der Waals surface area contributed by atoms with Gasteiger partial charge in [0.05, 0.1) is 29.2 Å². The van der Waals surface area contributed by atoms with Crippen LogP contribution in [0, 0.1) is 17.8 Å². The third kappa shape index (κ3) is 3.85. The molecule has 4 rings (SSSR count). The third-order valence-corrected chi connectivity index (χ3v) is 9.63. The molecule has 7 atom stereocenters. The Bertz CT molecular complexity index is 906. The van der Waals surface area contributed by atoms with Crippen LogP contribution in [0.4, 0.5) is 0 Å². The lowest BCUT2D eigenvalue weighted by molar-refractivity contribution is -0.143. The van der Waals surface area contributed by atoms with Crippen LogP contribution >= 0.6 is 11.8 Å². The second-order valence-electron chi connectivity index (χ2n) is 9.91. The zero-order valence-corrected chi connectivity index (χ0v) is 20.6. The van der Waals surface area contributed by atoms with Crippen molar-refractivity contribution < 1.29 is 19.5 Å². The monoisotopic (exact) mass is 473 g/mol. The van der Waals surface area contributed by atoms with Gasteiger partial charge in [0.15, 0.2) is 0 Å². The zero-order chi connectivity index (χ0) is 23.9. The molecule has 3 N–H and O–H groups in total. The molecule has 0 aliphatic carbocycles. The number of aliphatic hydroxyl groups excluding tert-OH is 1. The van der Waals surface area contributed by atoms with Crippen LogP contribution in [-0.4, -0.2) is 62.5 Å². The Kier molecular flexibility index (Phi) is 6.78. The van der Waals surface area contributed by atoms with Crippen molar-refractivity contribution >= 4 is 29.5 Å². The summed E-state index contributed by atoms with van der Waals surface area (Å²) in [5, 5.41) is 16.1. The predicted octanol–water partition coefficient (Wildman–Crippen LogP) is 1.94. The van der Waals surface area contributed by atoms with Crippen molar-refractivity contribution in [3.8, 4) is 0 Å². The van der Waals surface area contributed by atoms with E-state index in [1.165, 1.54) is 0 Å². The van der Waals surface area contributed by atoms with E-state index in [1.807, 2.05) is 51.1 Å². The van der Waals surface area contributed by atoms with E-state index in [4.69, 9.17) is 0 Å². The Hall–Kier alpha value is -2.06. The van der Waals surface area contributed by atoms with Gasteiger partial charge >= 0.3 is 0 Å². The first kappa shape index (κ1) is 24.1. The van der Waals surface area contributed by atoms with E-state index in [9.17, 15) is 19.5 Å². The number of carbonyl (C=O) groups excluding carboxylic acids is 3. The minimum atomic E-state index is -0.688. The molecular formula is C25H35N3O4S. The molecule has 0 radical (unpaired) electrons. The number of likely N-dealkylation sites (tertiary alicyclic amines) is 1. The zero-order valence-electron chi connectivity index (χ0n) is 19.8. The summed E-state index contributed by atoms with van der Waals surface area (Å²) >= 11 is 1.66. The van der Waals surface area contributed by atoms with Gasteiger partial charge in [-0.25, -0.2) is 0 Å². The lowest BCUT2D eigenvalue weighted by Crippen LogP contribution is -2.59. The van der Waals surface area contributed by atoms with Gasteiger partial charge in [0, 0.05) is 17.8 Å². The lowest BCUT2D eigenvalue weighted by Gasteiger charge is -2.40. The summed E-state index contributed by atoms with van der Waals surface area (Å²) < 4.78 is -0.655. The van der Waals surface area contributed by atoms with Crippen molar-refractivity contribution in [1.82, 2.24) is 15.5 Å². The number of hydrogen-bond acceptors (Lipinski definition) is 5. The van der Waals surface area contributed by atoms with E-state index in [2.05, 4.69) is 17.6 Å². The van der Waals surface area contributed by atoms with Crippen LogP contribution in [0.15, 0.2) is 30.3 Å². The second kappa shape index (κ2) is 9.29. The Balaban J connectivity index is 1.68. The standard InChI is InChI=1S/C25H35N3O4S/c1-5-17(13-29)28-21(23(31)27-14(2)3)25-15(4)11-18(33-25)19(20(25)24(28)32)22(30)26-12-16-9-7-6-8-10-16/h6-10,14-15,17-21,29H,5,11-13H2,1-4H3,(H,26,30)(H,27,31)/t15?,17-,18-,19+,20-,21?,25?/m0/s1. The molecular weight excluding hydrogens is 438 g/mol. The summed E-state index contributed by atoms with van der Waals surface area (Å²) in [4.78, 5) is 42.5. The maximum Gasteiger partial charge on any atom is 0.244 e. The fourth-order valence-corrected chi connectivity index (χ4v) is 8.54. The van der Waals surface area contributed by atoms with Gasteiger partial charge in [0.25, 0.3) is 0 Å². The van der Waals surface area contributed by atoms with Gasteiger partial charge in [-0.1, -0.05) is 44.2 Å². The third-order valence-electron chi connectivity index (χ3n) is 7.55. The summed E-state index contributed by atoms with van der Waals surface area (Å²) in [6.07, 6.45) is 1.34. The van der Waals surface area contributed by atoms with Crippen molar-refractivity contribution in [2.45, 2.75) is 75.2 Å². The number of benzene rings is 1. The molecule has 1 aromatic carbocycles. The minimum Gasteiger partial charge on any atom is -0.394 e. The summed E-state index contributed by atoms with van der Waals surface area (Å²) in [5.41, 5.74) is 1.00. The Morgan fingerprint density at radius 2 is 1.94 bits per heavy atom. The smallest absolute Gasteiger partial charge is 0.244 e. The van der Waals surface area contributed by atoms with Gasteiger partial charge in [-0.15, -0.1) is 11.8 Å². The molecule has 1 spiro atoms. The molecule has 1 aromatic rings. The summed E-state index contributed by atoms with van der Waals surface area (Å²) in [5.74, 6) is -1.39. The van der Waals surface area contributed by atoms with Crippen LogP contribution in [0.2, 0.25) is 0 Å². The van der Waals surface area contributed by atoms with Crippen molar-refractivity contribution in [1.29, 1.82) is 0 Å².